The Balaban J connectivity index is 1.57. The van der Waals surface area contributed by atoms with Gasteiger partial charge in [0, 0.05) is 19.5 Å². The predicted molar refractivity (Wildman–Crippen MR) is 99.6 cm³/mol. The highest BCUT2D eigenvalue weighted by Crippen LogP contribution is 2.32. The first-order chi connectivity index (χ1) is 13.4. The van der Waals surface area contributed by atoms with Crippen LogP contribution in [0.15, 0.2) is 35.6 Å². The molecule has 8 heteroatoms. The second kappa shape index (κ2) is 8.77. The molecule has 0 radical (unpaired) electrons. The highest BCUT2D eigenvalue weighted by molar-refractivity contribution is 6.19. The SMILES string of the molecule is O=C(O)CNC(=O)C1=C(O)CCN(Cc2ccc(OCCC3CC3)cc2)C1=O. The van der Waals surface area contributed by atoms with Crippen LogP contribution in [0.4, 0.5) is 0 Å². The minimum absolute atomic E-state index is 0.143. The molecule has 1 aromatic rings. The summed E-state index contributed by atoms with van der Waals surface area (Å²) in [7, 11) is 0. The first-order valence-corrected chi connectivity index (χ1v) is 9.37. The van der Waals surface area contributed by atoms with Crippen LogP contribution in [0.3, 0.4) is 0 Å². The maximum absolute atomic E-state index is 12.6. The summed E-state index contributed by atoms with van der Waals surface area (Å²) in [4.78, 5) is 36.7. The topological polar surface area (TPSA) is 116 Å². The van der Waals surface area contributed by atoms with Gasteiger partial charge < -0.3 is 25.2 Å². The zero-order chi connectivity index (χ0) is 20.1. The molecule has 0 spiro atoms. The van der Waals surface area contributed by atoms with E-state index in [0.29, 0.717) is 6.61 Å². The molecule has 0 bridgehead atoms. The lowest BCUT2D eigenvalue weighted by Crippen LogP contribution is -2.43. The Morgan fingerprint density at radius 3 is 2.57 bits per heavy atom. The van der Waals surface area contributed by atoms with Gasteiger partial charge in [0.15, 0.2) is 0 Å². The molecule has 2 amide bonds. The van der Waals surface area contributed by atoms with Gasteiger partial charge in [-0.15, -0.1) is 0 Å². The number of carboxylic acids is 1. The Morgan fingerprint density at radius 1 is 1.21 bits per heavy atom. The van der Waals surface area contributed by atoms with Gasteiger partial charge in [-0.1, -0.05) is 25.0 Å². The molecule has 0 saturated heterocycles. The Kier molecular flexibility index (Phi) is 6.18. The van der Waals surface area contributed by atoms with Crippen molar-refractivity contribution in [2.75, 3.05) is 19.7 Å². The lowest BCUT2D eigenvalue weighted by Gasteiger charge is -2.28. The molecule has 0 unspecified atom stereocenters. The predicted octanol–water partition coefficient (Wildman–Crippen LogP) is 1.61. The number of amides is 2. The standard InChI is InChI=1S/C20H24N2O6/c23-16-7-9-22(20(27)18(16)19(26)21-11-17(24)25)12-14-3-5-15(6-4-14)28-10-8-13-1-2-13/h3-6,13,23H,1-2,7-12H2,(H,21,26)(H,24,25). The number of aliphatic hydroxyl groups excluding tert-OH is 1. The van der Waals surface area contributed by atoms with Crippen LogP contribution in [-0.4, -0.2) is 52.6 Å². The minimum Gasteiger partial charge on any atom is -0.511 e. The van der Waals surface area contributed by atoms with E-state index in [1.165, 1.54) is 17.7 Å². The monoisotopic (exact) mass is 388 g/mol. The zero-order valence-electron chi connectivity index (χ0n) is 15.5. The number of aliphatic carboxylic acids is 1. The average Bonchev–Trinajstić information content (AvgIpc) is 3.48. The van der Waals surface area contributed by atoms with Gasteiger partial charge in [-0.3, -0.25) is 14.4 Å². The number of benzene rings is 1. The van der Waals surface area contributed by atoms with E-state index in [2.05, 4.69) is 5.32 Å². The molecule has 28 heavy (non-hydrogen) atoms. The first-order valence-electron chi connectivity index (χ1n) is 9.37. The molecular weight excluding hydrogens is 364 g/mol. The van der Waals surface area contributed by atoms with Gasteiger partial charge in [0.05, 0.1) is 6.61 Å². The number of ether oxygens (including phenoxy) is 1. The van der Waals surface area contributed by atoms with Crippen LogP contribution in [0.25, 0.3) is 0 Å². The maximum atomic E-state index is 12.6. The second-order valence-electron chi connectivity index (χ2n) is 7.10. The number of hydrogen-bond donors (Lipinski definition) is 3. The van der Waals surface area contributed by atoms with E-state index in [0.717, 1.165) is 23.7 Å². The van der Waals surface area contributed by atoms with Gasteiger partial charge >= 0.3 is 5.97 Å². The summed E-state index contributed by atoms with van der Waals surface area (Å²) in [5.41, 5.74) is 0.474. The summed E-state index contributed by atoms with van der Waals surface area (Å²) in [5, 5.41) is 20.7. The molecule has 1 aliphatic carbocycles. The van der Waals surface area contributed by atoms with Crippen molar-refractivity contribution in [1.29, 1.82) is 0 Å². The first kappa shape index (κ1) is 19.7. The van der Waals surface area contributed by atoms with Crippen molar-refractivity contribution in [2.24, 2.45) is 5.92 Å². The molecule has 3 N–H and O–H groups in total. The van der Waals surface area contributed by atoms with Gasteiger partial charge in [0.25, 0.3) is 11.8 Å². The second-order valence-corrected chi connectivity index (χ2v) is 7.10. The molecule has 1 aromatic carbocycles. The summed E-state index contributed by atoms with van der Waals surface area (Å²) < 4.78 is 5.71. The van der Waals surface area contributed by atoms with Crippen molar-refractivity contribution in [3.63, 3.8) is 0 Å². The van der Waals surface area contributed by atoms with Crippen molar-refractivity contribution in [1.82, 2.24) is 10.2 Å². The van der Waals surface area contributed by atoms with Crippen molar-refractivity contribution in [3.05, 3.63) is 41.2 Å². The van der Waals surface area contributed by atoms with Gasteiger partial charge in [-0.05, 0) is 30.0 Å². The van der Waals surface area contributed by atoms with Crippen LogP contribution in [-0.2, 0) is 20.9 Å². The molecule has 8 nitrogen and oxygen atoms in total. The summed E-state index contributed by atoms with van der Waals surface area (Å²) in [6.07, 6.45) is 3.81. The molecule has 3 rings (SSSR count). The van der Waals surface area contributed by atoms with Gasteiger partial charge in [0.1, 0.15) is 23.6 Å². The Hall–Kier alpha value is -3.03. The van der Waals surface area contributed by atoms with E-state index in [1.54, 1.807) is 0 Å². The molecule has 2 aliphatic rings. The molecule has 0 aromatic heterocycles. The summed E-state index contributed by atoms with van der Waals surface area (Å²) >= 11 is 0. The smallest absolute Gasteiger partial charge is 0.322 e. The van der Waals surface area contributed by atoms with Crippen LogP contribution >= 0.6 is 0 Å². The molecule has 1 saturated carbocycles. The summed E-state index contributed by atoms with van der Waals surface area (Å²) in [5.74, 6) is -1.45. The number of carbonyl (C=O) groups is 3. The Labute approximate surface area is 162 Å². The minimum atomic E-state index is -1.23. The van der Waals surface area contributed by atoms with E-state index in [1.807, 2.05) is 24.3 Å². The Morgan fingerprint density at radius 2 is 1.93 bits per heavy atom. The van der Waals surface area contributed by atoms with Crippen molar-refractivity contribution >= 4 is 17.8 Å². The molecular formula is C20H24N2O6. The number of carbonyl (C=O) groups excluding carboxylic acids is 2. The fraction of sp³-hybridized carbons (Fsp3) is 0.450. The van der Waals surface area contributed by atoms with Crippen LogP contribution in [0.5, 0.6) is 5.75 Å². The largest absolute Gasteiger partial charge is 0.511 e. The van der Waals surface area contributed by atoms with Crippen molar-refractivity contribution < 1.29 is 29.3 Å². The molecule has 150 valence electrons. The number of hydrogen-bond acceptors (Lipinski definition) is 5. The Bertz CT molecular complexity index is 782. The normalized spacial score (nSPS) is 16.9. The third-order valence-electron chi connectivity index (χ3n) is 4.82. The van der Waals surface area contributed by atoms with Crippen molar-refractivity contribution in [2.45, 2.75) is 32.2 Å². The number of nitrogens with zero attached hydrogens (tertiary/aromatic N) is 1. The van der Waals surface area contributed by atoms with Crippen LogP contribution < -0.4 is 10.1 Å². The fourth-order valence-corrected chi connectivity index (χ4v) is 3.03. The summed E-state index contributed by atoms with van der Waals surface area (Å²) in [6.45, 7) is 0.642. The van der Waals surface area contributed by atoms with Crippen molar-refractivity contribution in [3.8, 4) is 5.75 Å². The third kappa shape index (κ3) is 5.25. The van der Waals surface area contributed by atoms with E-state index in [4.69, 9.17) is 9.84 Å². The average molecular weight is 388 g/mol. The molecule has 1 fully saturated rings. The van der Waals surface area contributed by atoms with Gasteiger partial charge in [0.2, 0.25) is 0 Å². The highest BCUT2D eigenvalue weighted by atomic mass is 16.5. The van der Waals surface area contributed by atoms with Gasteiger partial charge in [-0.2, -0.15) is 0 Å². The highest BCUT2D eigenvalue weighted by Gasteiger charge is 2.32. The maximum Gasteiger partial charge on any atom is 0.322 e. The van der Waals surface area contributed by atoms with Gasteiger partial charge in [-0.25, -0.2) is 0 Å². The number of nitrogens with one attached hydrogen (secondary N) is 1. The van der Waals surface area contributed by atoms with Crippen LogP contribution in [0.2, 0.25) is 0 Å². The van der Waals surface area contributed by atoms with Crippen LogP contribution in [0.1, 0.15) is 31.2 Å². The molecule has 1 heterocycles. The zero-order valence-corrected chi connectivity index (χ0v) is 15.5. The van der Waals surface area contributed by atoms with Crippen LogP contribution in [0, 0.1) is 5.92 Å². The lowest BCUT2D eigenvalue weighted by atomic mass is 10.0. The number of carboxylic acid groups (broad SMARTS) is 1. The molecule has 1 aliphatic heterocycles. The van der Waals surface area contributed by atoms with E-state index >= 15 is 0 Å². The number of rotatable bonds is 9. The van der Waals surface area contributed by atoms with E-state index in [-0.39, 0.29) is 25.3 Å². The lowest BCUT2D eigenvalue weighted by molar-refractivity contribution is -0.138. The quantitative estimate of drug-likeness (QED) is 0.554. The van der Waals surface area contributed by atoms with E-state index < -0.39 is 29.9 Å². The fourth-order valence-electron chi connectivity index (χ4n) is 3.03. The number of aliphatic hydroxyl groups is 1. The third-order valence-corrected chi connectivity index (χ3v) is 4.82. The molecule has 0 atom stereocenters. The van der Waals surface area contributed by atoms with E-state index in [9.17, 15) is 19.5 Å². The summed E-state index contributed by atoms with van der Waals surface area (Å²) in [6, 6.07) is 7.43.